The molecule has 374 valence electrons. The lowest BCUT2D eigenvalue weighted by Gasteiger charge is -2.18. The van der Waals surface area contributed by atoms with Crippen molar-refractivity contribution >= 4 is 17.9 Å². The van der Waals surface area contributed by atoms with Gasteiger partial charge < -0.3 is 14.2 Å². The second kappa shape index (κ2) is 49.8. The Bertz CT molecular complexity index is 962. The Labute approximate surface area is 393 Å². The highest BCUT2D eigenvalue weighted by atomic mass is 16.6. The average Bonchev–Trinajstić information content (AvgIpc) is 3.25. The minimum Gasteiger partial charge on any atom is -0.462 e. The van der Waals surface area contributed by atoms with Crippen molar-refractivity contribution in [3.8, 4) is 0 Å². The average molecular weight is 892 g/mol. The van der Waals surface area contributed by atoms with Crippen LogP contribution in [0.25, 0.3) is 0 Å². The molecule has 0 bridgehead atoms. The third-order valence-corrected chi connectivity index (χ3v) is 13.0. The first-order valence-corrected chi connectivity index (χ1v) is 28.2. The second-order valence-electron chi connectivity index (χ2n) is 20.5. The molecule has 0 radical (unpaired) electrons. The highest BCUT2D eigenvalue weighted by Gasteiger charge is 2.19. The van der Waals surface area contributed by atoms with Gasteiger partial charge in [0, 0.05) is 19.3 Å². The molecule has 0 saturated heterocycles. The van der Waals surface area contributed by atoms with E-state index in [1.54, 1.807) is 0 Å². The van der Waals surface area contributed by atoms with Crippen molar-refractivity contribution in [2.75, 3.05) is 13.2 Å². The summed E-state index contributed by atoms with van der Waals surface area (Å²) in [6.45, 7) is 11.4. The molecule has 0 unspecified atom stereocenters. The molecule has 0 fully saturated rings. The Morgan fingerprint density at radius 1 is 0.302 bits per heavy atom. The van der Waals surface area contributed by atoms with Gasteiger partial charge in [-0.05, 0) is 31.1 Å². The Morgan fingerprint density at radius 3 is 0.778 bits per heavy atom. The zero-order valence-electron chi connectivity index (χ0n) is 43.2. The fourth-order valence-electron chi connectivity index (χ4n) is 8.70. The van der Waals surface area contributed by atoms with E-state index in [4.69, 9.17) is 14.2 Å². The number of carbonyl (C=O) groups is 3. The van der Waals surface area contributed by atoms with Crippen LogP contribution in [0.3, 0.4) is 0 Å². The number of hydrogen-bond acceptors (Lipinski definition) is 6. The van der Waals surface area contributed by atoms with Gasteiger partial charge in [0.15, 0.2) is 6.10 Å². The number of rotatable bonds is 51. The molecule has 0 N–H and O–H groups in total. The van der Waals surface area contributed by atoms with Crippen LogP contribution < -0.4 is 0 Å². The minimum atomic E-state index is -0.762. The van der Waals surface area contributed by atoms with E-state index < -0.39 is 6.10 Å². The molecule has 6 nitrogen and oxygen atoms in total. The highest BCUT2D eigenvalue weighted by Crippen LogP contribution is 2.18. The Morgan fingerprint density at radius 2 is 0.524 bits per heavy atom. The lowest BCUT2D eigenvalue weighted by molar-refractivity contribution is -0.167. The summed E-state index contributed by atoms with van der Waals surface area (Å²) in [7, 11) is 0. The topological polar surface area (TPSA) is 78.9 Å². The fourth-order valence-corrected chi connectivity index (χ4v) is 8.70. The summed E-state index contributed by atoms with van der Waals surface area (Å²) < 4.78 is 16.8. The molecule has 0 amide bonds. The van der Waals surface area contributed by atoms with Gasteiger partial charge in [0.1, 0.15) is 13.2 Å². The first-order valence-electron chi connectivity index (χ1n) is 28.2. The Hall–Kier alpha value is -1.59. The van der Waals surface area contributed by atoms with E-state index >= 15 is 0 Å². The summed E-state index contributed by atoms with van der Waals surface area (Å²) >= 11 is 0. The van der Waals surface area contributed by atoms with Crippen molar-refractivity contribution in [2.45, 2.75) is 323 Å². The summed E-state index contributed by atoms with van der Waals surface area (Å²) in [5.74, 6) is 0.786. The van der Waals surface area contributed by atoms with Gasteiger partial charge in [-0.3, -0.25) is 14.4 Å². The SMILES string of the molecule is CCCCCCCCCCCCCCCCCCC(=O)OC[C@@H](COC(=O)CCCCCCCCCCCCCCCCCCC(C)C)OC(=O)CCCCCCCCCC(C)C. The lowest BCUT2D eigenvalue weighted by atomic mass is 10.0. The summed E-state index contributed by atoms with van der Waals surface area (Å²) in [6.07, 6.45) is 52.5. The van der Waals surface area contributed by atoms with Crippen LogP contribution in [-0.2, 0) is 28.6 Å². The van der Waals surface area contributed by atoms with E-state index in [9.17, 15) is 14.4 Å². The van der Waals surface area contributed by atoms with Gasteiger partial charge in [0.05, 0.1) is 0 Å². The van der Waals surface area contributed by atoms with Crippen LogP contribution in [0.5, 0.6) is 0 Å². The molecule has 0 heterocycles. The van der Waals surface area contributed by atoms with E-state index in [1.807, 2.05) is 0 Å². The van der Waals surface area contributed by atoms with E-state index in [0.717, 1.165) is 69.6 Å². The van der Waals surface area contributed by atoms with E-state index in [1.165, 1.54) is 205 Å². The van der Waals surface area contributed by atoms with E-state index in [2.05, 4.69) is 34.6 Å². The van der Waals surface area contributed by atoms with Crippen molar-refractivity contribution in [3.63, 3.8) is 0 Å². The highest BCUT2D eigenvalue weighted by molar-refractivity contribution is 5.71. The fraction of sp³-hybridized carbons (Fsp3) is 0.947. The first-order chi connectivity index (χ1) is 30.7. The van der Waals surface area contributed by atoms with Crippen LogP contribution in [-0.4, -0.2) is 37.2 Å². The molecule has 0 aromatic heterocycles. The lowest BCUT2D eigenvalue weighted by Crippen LogP contribution is -2.30. The van der Waals surface area contributed by atoms with Crippen molar-refractivity contribution in [1.29, 1.82) is 0 Å². The number of carbonyl (C=O) groups excluding carboxylic acids is 3. The van der Waals surface area contributed by atoms with Crippen molar-refractivity contribution < 1.29 is 28.6 Å². The smallest absolute Gasteiger partial charge is 0.306 e. The first kappa shape index (κ1) is 61.4. The van der Waals surface area contributed by atoms with Gasteiger partial charge >= 0.3 is 17.9 Å². The summed E-state index contributed by atoms with van der Waals surface area (Å²) in [5.41, 5.74) is 0. The van der Waals surface area contributed by atoms with Crippen LogP contribution in [0.15, 0.2) is 0 Å². The molecule has 0 aromatic carbocycles. The van der Waals surface area contributed by atoms with E-state index in [-0.39, 0.29) is 31.1 Å². The largest absolute Gasteiger partial charge is 0.462 e. The number of esters is 3. The molecule has 0 rings (SSSR count). The van der Waals surface area contributed by atoms with Crippen LogP contribution in [0.2, 0.25) is 0 Å². The molecule has 0 aliphatic rings. The normalized spacial score (nSPS) is 12.0. The van der Waals surface area contributed by atoms with Crippen molar-refractivity contribution in [3.05, 3.63) is 0 Å². The van der Waals surface area contributed by atoms with Crippen LogP contribution >= 0.6 is 0 Å². The van der Waals surface area contributed by atoms with Gasteiger partial charge in [-0.1, -0.05) is 279 Å². The molecular weight excluding hydrogens is 781 g/mol. The van der Waals surface area contributed by atoms with Gasteiger partial charge in [-0.25, -0.2) is 0 Å². The Balaban J connectivity index is 4.21. The van der Waals surface area contributed by atoms with Crippen molar-refractivity contribution in [2.24, 2.45) is 11.8 Å². The second-order valence-corrected chi connectivity index (χ2v) is 20.5. The standard InChI is InChI=1S/C57H110O6/c1-6-7-8-9-10-11-12-13-14-18-21-24-27-32-37-42-47-55(58)61-50-54(63-57(60)49-44-39-34-29-31-36-41-46-53(4)5)51-62-56(59)48-43-38-33-28-25-22-19-16-15-17-20-23-26-30-35-40-45-52(2)3/h52-54H,6-51H2,1-5H3/t54-/m0/s1. The van der Waals surface area contributed by atoms with Crippen LogP contribution in [0.1, 0.15) is 317 Å². The molecule has 0 saturated carbocycles. The summed E-state index contributed by atoms with van der Waals surface area (Å²) in [5, 5.41) is 0. The molecule has 0 aliphatic heterocycles. The summed E-state index contributed by atoms with van der Waals surface area (Å²) in [4.78, 5) is 38.0. The molecule has 1 atom stereocenters. The number of unbranched alkanes of at least 4 members (excludes halogenated alkanes) is 36. The predicted molar refractivity (Wildman–Crippen MR) is 270 cm³/mol. The zero-order valence-corrected chi connectivity index (χ0v) is 43.2. The summed E-state index contributed by atoms with van der Waals surface area (Å²) in [6, 6.07) is 0. The van der Waals surface area contributed by atoms with Gasteiger partial charge in [0.25, 0.3) is 0 Å². The number of ether oxygens (including phenoxy) is 3. The number of hydrogen-bond donors (Lipinski definition) is 0. The molecule has 0 aliphatic carbocycles. The monoisotopic (exact) mass is 891 g/mol. The van der Waals surface area contributed by atoms with Crippen LogP contribution in [0, 0.1) is 11.8 Å². The van der Waals surface area contributed by atoms with Gasteiger partial charge in [-0.15, -0.1) is 0 Å². The van der Waals surface area contributed by atoms with Crippen molar-refractivity contribution in [1.82, 2.24) is 0 Å². The van der Waals surface area contributed by atoms with E-state index in [0.29, 0.717) is 19.3 Å². The maximum atomic E-state index is 12.8. The molecule has 6 heteroatoms. The quantitative estimate of drug-likeness (QED) is 0.0344. The molecular formula is C57H110O6. The van der Waals surface area contributed by atoms with Gasteiger partial charge in [0.2, 0.25) is 0 Å². The zero-order chi connectivity index (χ0) is 46.1. The molecule has 0 aromatic rings. The Kier molecular flexibility index (Phi) is 48.6. The predicted octanol–water partition coefficient (Wildman–Crippen LogP) is 18.5. The maximum absolute atomic E-state index is 12.8. The molecule has 0 spiro atoms. The van der Waals surface area contributed by atoms with Crippen LogP contribution in [0.4, 0.5) is 0 Å². The third kappa shape index (κ3) is 51.3. The third-order valence-electron chi connectivity index (χ3n) is 13.0. The molecule has 63 heavy (non-hydrogen) atoms. The minimum absolute atomic E-state index is 0.0637. The van der Waals surface area contributed by atoms with Gasteiger partial charge in [-0.2, -0.15) is 0 Å². The maximum Gasteiger partial charge on any atom is 0.306 e.